The van der Waals surface area contributed by atoms with Gasteiger partial charge in [0.15, 0.2) is 5.78 Å². The predicted molar refractivity (Wildman–Crippen MR) is 72.2 cm³/mol. The number of aryl methyl sites for hydroxylation is 2. The fraction of sp³-hybridized carbons (Fsp3) is 0.533. The monoisotopic (exact) mass is 250 g/mol. The molecule has 1 aromatic carbocycles. The summed E-state index contributed by atoms with van der Waals surface area (Å²) in [4.78, 5) is 12.5. The summed E-state index contributed by atoms with van der Waals surface area (Å²) >= 11 is 0. The number of methoxy groups -OCH3 is 1. The molecule has 3 nitrogen and oxygen atoms in total. The highest BCUT2D eigenvalue weighted by Crippen LogP contribution is 2.28. The van der Waals surface area contributed by atoms with Gasteiger partial charge < -0.3 is 9.84 Å². The third-order valence-corrected chi connectivity index (χ3v) is 3.25. The quantitative estimate of drug-likeness (QED) is 0.817. The lowest BCUT2D eigenvalue weighted by atomic mass is 9.86. The number of Topliss-reactive ketones (excluding diaryl/α,β-unsaturated/α-hetero) is 1. The van der Waals surface area contributed by atoms with Crippen LogP contribution >= 0.6 is 0 Å². The average molecular weight is 250 g/mol. The molecule has 0 aliphatic rings. The summed E-state index contributed by atoms with van der Waals surface area (Å²) in [5.41, 5.74) is 2.55. The van der Waals surface area contributed by atoms with Gasteiger partial charge in [0.05, 0.1) is 19.3 Å². The normalized spacial score (nSPS) is 12.6. The van der Waals surface area contributed by atoms with Gasteiger partial charge in [-0.2, -0.15) is 0 Å². The number of rotatable bonds is 5. The van der Waals surface area contributed by atoms with Crippen molar-refractivity contribution in [1.29, 1.82) is 0 Å². The van der Waals surface area contributed by atoms with Crippen LogP contribution in [-0.2, 0) is 0 Å². The van der Waals surface area contributed by atoms with E-state index < -0.39 is 0 Å². The van der Waals surface area contributed by atoms with Crippen LogP contribution in [0.25, 0.3) is 0 Å². The first-order chi connectivity index (χ1) is 8.42. The molecule has 0 spiro atoms. The highest BCUT2D eigenvalue weighted by molar-refractivity contribution is 6.02. The van der Waals surface area contributed by atoms with Gasteiger partial charge in [-0.05, 0) is 37.0 Å². The van der Waals surface area contributed by atoms with Gasteiger partial charge in [0, 0.05) is 5.92 Å². The number of ether oxygens (including phenoxy) is 1. The number of aliphatic hydroxyl groups is 1. The molecule has 0 radical (unpaired) electrons. The van der Waals surface area contributed by atoms with Crippen molar-refractivity contribution in [3.8, 4) is 5.75 Å². The Morgan fingerprint density at radius 3 is 2.39 bits per heavy atom. The third kappa shape index (κ3) is 2.91. The number of carbonyl (C=O) groups is 1. The molecule has 0 bridgehead atoms. The highest BCUT2D eigenvalue weighted by atomic mass is 16.5. The van der Waals surface area contributed by atoms with E-state index in [-0.39, 0.29) is 24.2 Å². The third-order valence-electron chi connectivity index (χ3n) is 3.25. The lowest BCUT2D eigenvalue weighted by molar-refractivity contribution is 0.0803. The Morgan fingerprint density at radius 2 is 1.94 bits per heavy atom. The maximum Gasteiger partial charge on any atom is 0.172 e. The Morgan fingerprint density at radius 1 is 1.33 bits per heavy atom. The van der Waals surface area contributed by atoms with Gasteiger partial charge in [-0.15, -0.1) is 0 Å². The van der Waals surface area contributed by atoms with E-state index in [4.69, 9.17) is 4.74 Å². The molecule has 0 saturated carbocycles. The lowest BCUT2D eigenvalue weighted by Gasteiger charge is -2.20. The van der Waals surface area contributed by atoms with Crippen LogP contribution in [0.4, 0.5) is 0 Å². The van der Waals surface area contributed by atoms with Crippen LogP contribution in [0.1, 0.15) is 35.3 Å². The molecular formula is C15H22O3. The first-order valence-electron chi connectivity index (χ1n) is 6.22. The van der Waals surface area contributed by atoms with E-state index in [1.807, 2.05) is 39.8 Å². The van der Waals surface area contributed by atoms with Gasteiger partial charge in [0.25, 0.3) is 0 Å². The number of ketones is 1. The molecule has 0 aromatic heterocycles. The highest BCUT2D eigenvalue weighted by Gasteiger charge is 2.26. The van der Waals surface area contributed by atoms with Crippen LogP contribution in [0.15, 0.2) is 12.1 Å². The molecule has 1 aromatic rings. The van der Waals surface area contributed by atoms with E-state index in [9.17, 15) is 9.90 Å². The standard InChI is InChI=1S/C15H22O3/c1-9(2)12(8-16)15(17)14-11(4)6-10(3)7-13(14)18-5/h6-7,9,12,16H,8H2,1-5H3. The van der Waals surface area contributed by atoms with E-state index >= 15 is 0 Å². The van der Waals surface area contributed by atoms with Crippen molar-refractivity contribution in [3.63, 3.8) is 0 Å². The second-order valence-electron chi connectivity index (χ2n) is 5.06. The number of benzene rings is 1. The second-order valence-corrected chi connectivity index (χ2v) is 5.06. The molecule has 0 aliphatic carbocycles. The summed E-state index contributed by atoms with van der Waals surface area (Å²) in [5, 5.41) is 9.38. The second kappa shape index (κ2) is 6.01. The van der Waals surface area contributed by atoms with Gasteiger partial charge in [-0.1, -0.05) is 19.9 Å². The van der Waals surface area contributed by atoms with Gasteiger partial charge in [-0.3, -0.25) is 4.79 Å². The van der Waals surface area contributed by atoms with E-state index in [1.54, 1.807) is 7.11 Å². The Balaban J connectivity index is 3.27. The van der Waals surface area contributed by atoms with Crippen molar-refractivity contribution in [1.82, 2.24) is 0 Å². The molecule has 100 valence electrons. The zero-order valence-electron chi connectivity index (χ0n) is 11.8. The first kappa shape index (κ1) is 14.7. The Bertz CT molecular complexity index is 436. The molecule has 3 heteroatoms. The molecule has 1 N–H and O–H groups in total. The molecule has 1 unspecified atom stereocenters. The Kier molecular flexibility index (Phi) is 4.91. The topological polar surface area (TPSA) is 46.5 Å². The molecule has 1 atom stereocenters. The summed E-state index contributed by atoms with van der Waals surface area (Å²) < 4.78 is 5.30. The smallest absolute Gasteiger partial charge is 0.172 e. The van der Waals surface area contributed by atoms with E-state index in [2.05, 4.69) is 0 Å². The molecule has 0 amide bonds. The van der Waals surface area contributed by atoms with Crippen LogP contribution in [0, 0.1) is 25.7 Å². The summed E-state index contributed by atoms with van der Waals surface area (Å²) in [7, 11) is 1.56. The summed E-state index contributed by atoms with van der Waals surface area (Å²) in [6.07, 6.45) is 0. The lowest BCUT2D eigenvalue weighted by Crippen LogP contribution is -2.25. The molecule has 1 rings (SSSR count). The minimum Gasteiger partial charge on any atom is -0.496 e. The Labute approximate surface area is 109 Å². The SMILES string of the molecule is COc1cc(C)cc(C)c1C(=O)C(CO)C(C)C. The number of hydrogen-bond donors (Lipinski definition) is 1. The van der Waals surface area contributed by atoms with Crippen LogP contribution in [0.5, 0.6) is 5.75 Å². The zero-order chi connectivity index (χ0) is 13.9. The fourth-order valence-electron chi connectivity index (χ4n) is 2.19. The molecule has 0 heterocycles. The molecular weight excluding hydrogens is 228 g/mol. The average Bonchev–Trinajstić information content (AvgIpc) is 2.27. The summed E-state index contributed by atoms with van der Waals surface area (Å²) in [6, 6.07) is 3.82. The fourth-order valence-corrected chi connectivity index (χ4v) is 2.19. The maximum atomic E-state index is 12.5. The van der Waals surface area contributed by atoms with Gasteiger partial charge in [0.2, 0.25) is 0 Å². The minimum atomic E-state index is -0.375. The van der Waals surface area contributed by atoms with Crippen LogP contribution in [0.3, 0.4) is 0 Å². The van der Waals surface area contributed by atoms with Crippen molar-refractivity contribution in [2.75, 3.05) is 13.7 Å². The van der Waals surface area contributed by atoms with Crippen molar-refractivity contribution >= 4 is 5.78 Å². The number of carbonyl (C=O) groups excluding carboxylic acids is 1. The summed E-state index contributed by atoms with van der Waals surface area (Å²) in [6.45, 7) is 7.61. The van der Waals surface area contributed by atoms with E-state index in [1.165, 1.54) is 0 Å². The van der Waals surface area contributed by atoms with Crippen molar-refractivity contribution in [2.45, 2.75) is 27.7 Å². The van der Waals surface area contributed by atoms with E-state index in [0.717, 1.165) is 11.1 Å². The van der Waals surface area contributed by atoms with E-state index in [0.29, 0.717) is 11.3 Å². The number of hydrogen-bond acceptors (Lipinski definition) is 3. The number of aliphatic hydroxyl groups excluding tert-OH is 1. The Hall–Kier alpha value is -1.35. The largest absolute Gasteiger partial charge is 0.496 e. The van der Waals surface area contributed by atoms with Crippen LogP contribution in [0.2, 0.25) is 0 Å². The van der Waals surface area contributed by atoms with Crippen molar-refractivity contribution < 1.29 is 14.6 Å². The molecule has 0 saturated heterocycles. The van der Waals surface area contributed by atoms with Gasteiger partial charge in [-0.25, -0.2) is 0 Å². The predicted octanol–water partition coefficient (Wildman–Crippen LogP) is 2.76. The van der Waals surface area contributed by atoms with Gasteiger partial charge in [0.1, 0.15) is 5.75 Å². The molecule has 0 fully saturated rings. The van der Waals surface area contributed by atoms with Crippen LogP contribution < -0.4 is 4.74 Å². The minimum absolute atomic E-state index is 0.0400. The van der Waals surface area contributed by atoms with Crippen molar-refractivity contribution in [3.05, 3.63) is 28.8 Å². The summed E-state index contributed by atoms with van der Waals surface area (Å²) in [5.74, 6) is 0.284. The molecule has 18 heavy (non-hydrogen) atoms. The zero-order valence-corrected chi connectivity index (χ0v) is 11.8. The molecule has 0 aliphatic heterocycles. The van der Waals surface area contributed by atoms with Crippen molar-refractivity contribution in [2.24, 2.45) is 11.8 Å². The first-order valence-corrected chi connectivity index (χ1v) is 6.22. The van der Waals surface area contributed by atoms with Crippen LogP contribution in [-0.4, -0.2) is 24.6 Å². The maximum absolute atomic E-state index is 12.5. The van der Waals surface area contributed by atoms with Gasteiger partial charge >= 0.3 is 0 Å².